The second-order valence-electron chi connectivity index (χ2n) is 5.10. The Bertz CT molecular complexity index is 923. The van der Waals surface area contributed by atoms with E-state index in [9.17, 15) is 17.6 Å². The number of hydrogen-bond donors (Lipinski definition) is 1. The second-order valence-corrected chi connectivity index (χ2v) is 8.29. The molecule has 126 valence electrons. The lowest BCUT2D eigenvalue weighted by atomic mass is 10.0. The van der Waals surface area contributed by atoms with Gasteiger partial charge < -0.3 is 9.50 Å². The van der Waals surface area contributed by atoms with E-state index in [1.54, 1.807) is 12.1 Å². The minimum atomic E-state index is -4.18. The van der Waals surface area contributed by atoms with Crippen LogP contribution in [0.15, 0.2) is 44.2 Å². The van der Waals surface area contributed by atoms with Crippen LogP contribution in [0.4, 0.5) is 10.1 Å². The normalized spacial score (nSPS) is 14.0. The zero-order valence-corrected chi connectivity index (χ0v) is 16.0. The van der Waals surface area contributed by atoms with E-state index in [1.165, 1.54) is 6.07 Å². The third-order valence-electron chi connectivity index (χ3n) is 3.39. The highest BCUT2D eigenvalue weighted by Gasteiger charge is 2.25. The molecule has 0 saturated carbocycles. The minimum Gasteiger partial charge on any atom is -0.379 e. The molecule has 0 aliphatic carbocycles. The van der Waals surface area contributed by atoms with Gasteiger partial charge in [-0.1, -0.05) is 0 Å². The topological polar surface area (TPSA) is 72.5 Å². The molecular formula is C15H10Br2FNO4S. The molecule has 5 nitrogen and oxygen atoms in total. The first kappa shape index (κ1) is 17.4. The van der Waals surface area contributed by atoms with E-state index in [0.29, 0.717) is 18.5 Å². The summed E-state index contributed by atoms with van der Waals surface area (Å²) in [6, 6.07) is 6.70. The molecule has 0 unspecified atom stereocenters. The SMILES string of the molecule is O=C1CCc2cc(OS(=O)(=O)c3c(Br)cc(F)cc3Br)ccc2N1. The van der Waals surface area contributed by atoms with Gasteiger partial charge in [-0.3, -0.25) is 4.79 Å². The molecule has 1 amide bonds. The highest BCUT2D eigenvalue weighted by molar-refractivity contribution is 9.11. The third-order valence-corrected chi connectivity index (χ3v) is 6.52. The van der Waals surface area contributed by atoms with Crippen LogP contribution in [0, 0.1) is 5.82 Å². The molecule has 1 aliphatic heterocycles. The molecule has 2 aromatic rings. The van der Waals surface area contributed by atoms with E-state index in [0.717, 1.165) is 17.7 Å². The zero-order valence-electron chi connectivity index (χ0n) is 12.0. The van der Waals surface area contributed by atoms with Gasteiger partial charge in [0.25, 0.3) is 0 Å². The molecule has 1 heterocycles. The summed E-state index contributed by atoms with van der Waals surface area (Å²) >= 11 is 6.07. The molecule has 0 radical (unpaired) electrons. The molecule has 0 spiro atoms. The lowest BCUT2D eigenvalue weighted by Gasteiger charge is -2.18. The van der Waals surface area contributed by atoms with Crippen LogP contribution in [0.2, 0.25) is 0 Å². The van der Waals surface area contributed by atoms with Crippen molar-refractivity contribution in [1.29, 1.82) is 0 Å². The van der Waals surface area contributed by atoms with Gasteiger partial charge >= 0.3 is 10.1 Å². The van der Waals surface area contributed by atoms with E-state index < -0.39 is 15.9 Å². The first-order valence-corrected chi connectivity index (χ1v) is 9.77. The quantitative estimate of drug-likeness (QED) is 0.676. The van der Waals surface area contributed by atoms with Crippen molar-refractivity contribution in [1.82, 2.24) is 0 Å². The number of halogens is 3. The van der Waals surface area contributed by atoms with Crippen LogP contribution in [0.1, 0.15) is 12.0 Å². The van der Waals surface area contributed by atoms with Crippen molar-refractivity contribution in [3.05, 3.63) is 50.7 Å². The van der Waals surface area contributed by atoms with Crippen LogP contribution >= 0.6 is 31.9 Å². The Balaban J connectivity index is 1.95. The first-order valence-electron chi connectivity index (χ1n) is 6.78. The van der Waals surface area contributed by atoms with Gasteiger partial charge in [-0.05, 0) is 74.2 Å². The van der Waals surface area contributed by atoms with Crippen molar-refractivity contribution < 1.29 is 21.8 Å². The van der Waals surface area contributed by atoms with Gasteiger partial charge in [-0.15, -0.1) is 0 Å². The summed E-state index contributed by atoms with van der Waals surface area (Å²) in [5, 5.41) is 2.71. The van der Waals surface area contributed by atoms with Crippen molar-refractivity contribution >= 4 is 53.6 Å². The predicted octanol–water partition coefficient (Wildman–Crippen LogP) is 4.00. The molecule has 3 rings (SSSR count). The molecule has 0 fully saturated rings. The Morgan fingerprint density at radius 2 is 1.75 bits per heavy atom. The van der Waals surface area contributed by atoms with E-state index >= 15 is 0 Å². The number of rotatable bonds is 3. The summed E-state index contributed by atoms with van der Waals surface area (Å²) in [6.07, 6.45) is 0.834. The molecule has 0 saturated heterocycles. The summed E-state index contributed by atoms with van der Waals surface area (Å²) in [5.74, 6) is -0.548. The van der Waals surface area contributed by atoms with Crippen molar-refractivity contribution in [3.63, 3.8) is 0 Å². The van der Waals surface area contributed by atoms with Crippen LogP contribution in [0.3, 0.4) is 0 Å². The minimum absolute atomic E-state index is 0.0552. The summed E-state index contributed by atoms with van der Waals surface area (Å²) < 4.78 is 43.6. The lowest BCUT2D eigenvalue weighted by molar-refractivity contribution is -0.116. The van der Waals surface area contributed by atoms with E-state index in [2.05, 4.69) is 37.2 Å². The van der Waals surface area contributed by atoms with Gasteiger partial charge in [0.2, 0.25) is 5.91 Å². The number of nitrogens with one attached hydrogen (secondary N) is 1. The van der Waals surface area contributed by atoms with E-state index in [-0.39, 0.29) is 25.5 Å². The molecule has 2 aromatic carbocycles. The number of amides is 1. The van der Waals surface area contributed by atoms with E-state index in [4.69, 9.17) is 4.18 Å². The fraction of sp³-hybridized carbons (Fsp3) is 0.133. The fourth-order valence-corrected chi connectivity index (χ4v) is 5.70. The van der Waals surface area contributed by atoms with Crippen molar-refractivity contribution in [3.8, 4) is 5.75 Å². The van der Waals surface area contributed by atoms with Crippen molar-refractivity contribution in [2.24, 2.45) is 0 Å². The third kappa shape index (κ3) is 3.47. The number of benzene rings is 2. The largest absolute Gasteiger partial charge is 0.379 e. The lowest BCUT2D eigenvalue weighted by Crippen LogP contribution is -2.19. The Morgan fingerprint density at radius 1 is 1.08 bits per heavy atom. The summed E-state index contributed by atoms with van der Waals surface area (Å²) in [6.45, 7) is 0. The van der Waals surface area contributed by atoms with Gasteiger partial charge in [0, 0.05) is 21.1 Å². The van der Waals surface area contributed by atoms with Crippen LogP contribution in [0.5, 0.6) is 5.75 Å². The molecule has 0 aromatic heterocycles. The molecule has 1 aliphatic rings. The Hall–Kier alpha value is -1.45. The second kappa shape index (κ2) is 6.45. The number of hydrogen-bond acceptors (Lipinski definition) is 4. The highest BCUT2D eigenvalue weighted by atomic mass is 79.9. The van der Waals surface area contributed by atoms with Gasteiger partial charge in [0.05, 0.1) is 0 Å². The van der Waals surface area contributed by atoms with Gasteiger partial charge in [0.15, 0.2) is 0 Å². The standard InChI is InChI=1S/C15H10Br2FNO4S/c16-11-6-9(18)7-12(17)15(11)24(21,22)23-10-2-3-13-8(5-10)1-4-14(20)19-13/h2-3,5-7H,1,4H2,(H,19,20). The molecule has 0 bridgehead atoms. The summed E-state index contributed by atoms with van der Waals surface area (Å²) in [7, 11) is -4.18. The molecule has 24 heavy (non-hydrogen) atoms. The smallest absolute Gasteiger partial charge is 0.341 e. The average molecular weight is 479 g/mol. The summed E-state index contributed by atoms with van der Waals surface area (Å²) in [5.41, 5.74) is 1.43. The van der Waals surface area contributed by atoms with Crippen molar-refractivity contribution in [2.45, 2.75) is 17.7 Å². The number of carbonyl (C=O) groups is 1. The number of anilines is 1. The van der Waals surface area contributed by atoms with Gasteiger partial charge in [-0.2, -0.15) is 8.42 Å². The number of fused-ring (bicyclic) bond motifs is 1. The highest BCUT2D eigenvalue weighted by Crippen LogP contribution is 2.34. The maximum atomic E-state index is 13.3. The Kier molecular flexibility index (Phi) is 4.67. The number of carbonyl (C=O) groups excluding carboxylic acids is 1. The Labute approximate surface area is 154 Å². The van der Waals surface area contributed by atoms with Gasteiger partial charge in [-0.25, -0.2) is 4.39 Å². The maximum Gasteiger partial charge on any atom is 0.341 e. The van der Waals surface area contributed by atoms with Crippen LogP contribution < -0.4 is 9.50 Å². The van der Waals surface area contributed by atoms with Crippen LogP contribution in [-0.2, 0) is 21.3 Å². The van der Waals surface area contributed by atoms with Crippen LogP contribution in [0.25, 0.3) is 0 Å². The molecular weight excluding hydrogens is 469 g/mol. The zero-order chi connectivity index (χ0) is 17.5. The van der Waals surface area contributed by atoms with Gasteiger partial charge in [0.1, 0.15) is 16.5 Å². The first-order chi connectivity index (χ1) is 11.3. The van der Waals surface area contributed by atoms with E-state index in [1.807, 2.05) is 0 Å². The fourth-order valence-electron chi connectivity index (χ4n) is 2.35. The molecule has 0 atom stereocenters. The monoisotopic (exact) mass is 477 g/mol. The molecule has 9 heteroatoms. The summed E-state index contributed by atoms with van der Waals surface area (Å²) in [4.78, 5) is 11.1. The van der Waals surface area contributed by atoms with Crippen molar-refractivity contribution in [2.75, 3.05) is 5.32 Å². The Morgan fingerprint density at radius 3 is 2.42 bits per heavy atom. The van der Waals surface area contributed by atoms with Crippen LogP contribution in [-0.4, -0.2) is 14.3 Å². The maximum absolute atomic E-state index is 13.3. The number of aryl methyl sites for hydroxylation is 1. The average Bonchev–Trinajstić information content (AvgIpc) is 2.45. The molecule has 1 N–H and O–H groups in total. The predicted molar refractivity (Wildman–Crippen MR) is 93.0 cm³/mol.